The molecule has 4 aromatic rings. The fraction of sp³-hybridized carbons (Fsp3) is 0.421. The van der Waals surface area contributed by atoms with E-state index in [1.807, 2.05) is 0 Å². The second-order valence-electron chi connectivity index (χ2n) is 14.4. The first-order chi connectivity index (χ1) is 20.2. The minimum absolute atomic E-state index is 0. The number of ketones is 1. The molecule has 1 radical (unpaired) electrons. The van der Waals surface area contributed by atoms with Crippen LogP contribution < -0.4 is 0 Å². The predicted octanol–water partition coefficient (Wildman–Crippen LogP) is 11.0. The largest absolute Gasteiger partial charge is 0.504 e. The number of carbonyl (C=O) groups is 1. The number of rotatable bonds is 5. The number of fused-ring (bicyclic) bond motifs is 2. The van der Waals surface area contributed by atoms with Gasteiger partial charge in [-0.1, -0.05) is 96.7 Å². The van der Waals surface area contributed by atoms with E-state index in [0.29, 0.717) is 0 Å². The standard InChI is InChI=1S/C30H34N.C8H11F3O2.Ir/c1-19-13-20(2)28-23(18-29(3,4)5)17-26(31-27(28)14-19)22-15-21-11-9-10-12-24(21)25(16-22)30(6,7)8;1-5(2)3-6(12)4-7(13)8(9,10)11;/h9-14,16-17H,18H2,1-8H3;4-5,13H,3H2,1-2H3;/q-1;;/b;7-4-;. The number of hydrogen-bond acceptors (Lipinski definition) is 3. The van der Waals surface area contributed by atoms with Crippen molar-refractivity contribution in [3.8, 4) is 11.3 Å². The van der Waals surface area contributed by atoms with Gasteiger partial charge in [-0.2, -0.15) is 13.2 Å². The molecule has 45 heavy (non-hydrogen) atoms. The Morgan fingerprint density at radius 1 is 0.978 bits per heavy atom. The number of aliphatic hydroxyl groups is 1. The second-order valence-corrected chi connectivity index (χ2v) is 14.4. The van der Waals surface area contributed by atoms with E-state index in [2.05, 4.69) is 110 Å². The van der Waals surface area contributed by atoms with Gasteiger partial charge in [-0.3, -0.25) is 9.78 Å². The number of aromatic nitrogens is 1. The van der Waals surface area contributed by atoms with Crippen molar-refractivity contribution in [2.24, 2.45) is 11.3 Å². The van der Waals surface area contributed by atoms with Gasteiger partial charge in [-0.25, -0.2) is 0 Å². The molecule has 0 atom stereocenters. The van der Waals surface area contributed by atoms with Crippen LogP contribution in [-0.4, -0.2) is 22.1 Å². The molecule has 1 heterocycles. The van der Waals surface area contributed by atoms with Crippen LogP contribution in [0.2, 0.25) is 0 Å². The van der Waals surface area contributed by atoms with Crippen LogP contribution in [0.4, 0.5) is 13.2 Å². The first-order valence-electron chi connectivity index (χ1n) is 15.0. The summed E-state index contributed by atoms with van der Waals surface area (Å²) in [5.74, 6) is -2.58. The zero-order valence-corrected chi connectivity index (χ0v) is 30.4. The molecule has 0 aliphatic rings. The number of nitrogens with zero attached hydrogens (tertiary/aromatic N) is 1. The van der Waals surface area contributed by atoms with Crippen molar-refractivity contribution in [3.63, 3.8) is 0 Å². The second kappa shape index (κ2) is 14.6. The summed E-state index contributed by atoms with van der Waals surface area (Å²) in [4.78, 5) is 15.9. The molecule has 0 aliphatic carbocycles. The first kappa shape index (κ1) is 38.2. The summed E-state index contributed by atoms with van der Waals surface area (Å²) < 4.78 is 35.0. The maximum atomic E-state index is 11.7. The van der Waals surface area contributed by atoms with Gasteiger partial charge in [0.15, 0.2) is 5.78 Å². The normalized spacial score (nSPS) is 12.6. The van der Waals surface area contributed by atoms with Crippen molar-refractivity contribution in [2.45, 2.75) is 93.7 Å². The molecule has 7 heteroatoms. The number of alkyl halides is 3. The Labute approximate surface area is 279 Å². The Morgan fingerprint density at radius 2 is 1.60 bits per heavy atom. The van der Waals surface area contributed by atoms with E-state index in [-0.39, 0.29) is 49.4 Å². The van der Waals surface area contributed by atoms with E-state index < -0.39 is 17.7 Å². The predicted molar refractivity (Wildman–Crippen MR) is 176 cm³/mol. The monoisotopic (exact) mass is 797 g/mol. The SMILES string of the molecule is CC(C)CC(=O)/C=C(\O)C(F)(F)F.Cc1cc(C)c2c(CC(C)(C)C)cc(-c3[c-]c4ccccc4c(C(C)(C)C)c3)nc2c1.[Ir]. The molecule has 0 saturated carbocycles. The van der Waals surface area contributed by atoms with Crippen LogP contribution in [0.1, 0.15) is 84.1 Å². The molecule has 1 N–H and O–H groups in total. The van der Waals surface area contributed by atoms with Gasteiger partial charge in [0, 0.05) is 43.7 Å². The average molecular weight is 797 g/mol. The van der Waals surface area contributed by atoms with Gasteiger partial charge in [0.2, 0.25) is 5.76 Å². The summed E-state index contributed by atoms with van der Waals surface area (Å²) >= 11 is 0. The third-order valence-corrected chi connectivity index (χ3v) is 7.11. The molecule has 3 aromatic carbocycles. The van der Waals surface area contributed by atoms with Crippen LogP contribution in [0.5, 0.6) is 0 Å². The number of pyridine rings is 1. The maximum absolute atomic E-state index is 11.7. The zero-order chi connectivity index (χ0) is 33.2. The fourth-order valence-electron chi connectivity index (χ4n) is 5.38. The molecular formula is C38H45F3IrNO2-. The van der Waals surface area contributed by atoms with Crippen LogP contribution in [0.3, 0.4) is 0 Å². The molecule has 3 nitrogen and oxygen atoms in total. The van der Waals surface area contributed by atoms with Crippen LogP contribution in [-0.2, 0) is 36.7 Å². The van der Waals surface area contributed by atoms with Crippen LogP contribution in [0.15, 0.2) is 60.4 Å². The van der Waals surface area contributed by atoms with Gasteiger partial charge in [-0.15, -0.1) is 29.1 Å². The van der Waals surface area contributed by atoms with Gasteiger partial charge >= 0.3 is 6.18 Å². The summed E-state index contributed by atoms with van der Waals surface area (Å²) in [5, 5.41) is 12.1. The van der Waals surface area contributed by atoms with E-state index in [9.17, 15) is 18.0 Å². The summed E-state index contributed by atoms with van der Waals surface area (Å²) in [6.45, 7) is 21.5. The van der Waals surface area contributed by atoms with Crippen molar-refractivity contribution in [3.05, 3.63) is 88.7 Å². The zero-order valence-electron chi connectivity index (χ0n) is 28.0. The average Bonchev–Trinajstić information content (AvgIpc) is 2.85. The van der Waals surface area contributed by atoms with E-state index in [1.54, 1.807) is 13.8 Å². The molecule has 4 rings (SSSR count). The Hall–Kier alpha value is -3.02. The minimum atomic E-state index is -4.83. The Kier molecular flexibility index (Phi) is 12.4. The van der Waals surface area contributed by atoms with Crippen LogP contribution >= 0.6 is 0 Å². The maximum Gasteiger partial charge on any atom is 0.448 e. The topological polar surface area (TPSA) is 50.2 Å². The number of aryl methyl sites for hydroxylation is 2. The molecule has 0 unspecified atom stereocenters. The van der Waals surface area contributed by atoms with Gasteiger partial charge in [0.25, 0.3) is 0 Å². The Morgan fingerprint density at radius 3 is 2.16 bits per heavy atom. The summed E-state index contributed by atoms with van der Waals surface area (Å²) in [5.41, 5.74) is 8.73. The number of halogens is 3. The number of allylic oxidation sites excluding steroid dienone is 2. The molecule has 0 aliphatic heterocycles. The quantitative estimate of drug-likeness (QED) is 0.124. The number of aliphatic hydroxyl groups excluding tert-OH is 1. The molecule has 0 bridgehead atoms. The third kappa shape index (κ3) is 10.5. The molecular weight excluding hydrogens is 752 g/mol. The molecule has 0 saturated heterocycles. The Bertz CT molecular complexity index is 1690. The molecule has 1 aromatic heterocycles. The molecule has 0 fully saturated rings. The van der Waals surface area contributed by atoms with Crippen molar-refractivity contribution in [1.29, 1.82) is 0 Å². The number of carbonyl (C=O) groups excluding carboxylic acids is 1. The van der Waals surface area contributed by atoms with Gasteiger partial charge < -0.3 is 5.11 Å². The van der Waals surface area contributed by atoms with E-state index in [4.69, 9.17) is 10.1 Å². The van der Waals surface area contributed by atoms with Gasteiger partial charge in [0.1, 0.15) is 0 Å². The van der Waals surface area contributed by atoms with Crippen molar-refractivity contribution in [2.75, 3.05) is 0 Å². The third-order valence-electron chi connectivity index (χ3n) is 7.11. The van der Waals surface area contributed by atoms with E-state index >= 15 is 0 Å². The Balaban J connectivity index is 0.000000430. The summed E-state index contributed by atoms with van der Waals surface area (Å²) in [7, 11) is 0. The summed E-state index contributed by atoms with van der Waals surface area (Å²) in [6, 6.07) is 21.4. The number of hydrogen-bond donors (Lipinski definition) is 1. The molecule has 245 valence electrons. The minimum Gasteiger partial charge on any atom is -0.504 e. The van der Waals surface area contributed by atoms with Crippen molar-refractivity contribution < 1.29 is 43.2 Å². The van der Waals surface area contributed by atoms with Crippen LogP contribution in [0, 0.1) is 31.2 Å². The molecule has 0 spiro atoms. The van der Waals surface area contributed by atoms with Crippen LogP contribution in [0.25, 0.3) is 32.9 Å². The van der Waals surface area contributed by atoms with Gasteiger partial charge in [0.05, 0.1) is 5.52 Å². The smallest absolute Gasteiger partial charge is 0.448 e. The van der Waals surface area contributed by atoms with Crippen molar-refractivity contribution >= 4 is 27.5 Å². The summed E-state index contributed by atoms with van der Waals surface area (Å²) in [6.07, 6.45) is -3.59. The number of benzene rings is 3. The van der Waals surface area contributed by atoms with Crippen molar-refractivity contribution in [1.82, 2.24) is 4.98 Å². The first-order valence-corrected chi connectivity index (χ1v) is 15.0. The van der Waals surface area contributed by atoms with Gasteiger partial charge in [-0.05, 0) is 59.8 Å². The fourth-order valence-corrected chi connectivity index (χ4v) is 5.38. The molecule has 0 amide bonds. The van der Waals surface area contributed by atoms with E-state index in [1.165, 1.54) is 33.0 Å². The van der Waals surface area contributed by atoms with E-state index in [0.717, 1.165) is 28.6 Å².